The van der Waals surface area contributed by atoms with E-state index in [2.05, 4.69) is 21.5 Å². The Morgan fingerprint density at radius 1 is 0.944 bits per heavy atom. The van der Waals surface area contributed by atoms with Gasteiger partial charge in [-0.3, -0.25) is 4.40 Å². The average molecular weight is 228 g/mol. The molecule has 4 rings (SSSR count). The molecule has 0 spiro atoms. The maximum atomic E-state index is 5.91. The van der Waals surface area contributed by atoms with Crippen molar-refractivity contribution in [1.82, 2.24) is 9.38 Å². The second-order valence-electron chi connectivity index (χ2n) is 4.44. The quantitative estimate of drug-likeness (QED) is 0.333. The lowest BCUT2D eigenvalue weighted by atomic mass is 9.93. The second kappa shape index (κ2) is 3.36. The maximum Gasteiger partial charge on any atom is 0.145 e. The summed E-state index contributed by atoms with van der Waals surface area (Å²) >= 11 is 0. The highest BCUT2D eigenvalue weighted by Gasteiger charge is 2.08. The Kier molecular flexibility index (Phi) is 1.81. The third-order valence-corrected chi connectivity index (χ3v) is 3.38. The molecule has 0 amide bonds. The van der Waals surface area contributed by atoms with Crippen LogP contribution in [0.3, 0.4) is 0 Å². The fourth-order valence-electron chi connectivity index (χ4n) is 2.59. The monoisotopic (exact) mass is 228 g/mol. The molecular formula is C15H9BN2. The lowest BCUT2D eigenvalue weighted by molar-refractivity contribution is 1.27. The Bertz CT molecular complexity index is 893. The summed E-state index contributed by atoms with van der Waals surface area (Å²) in [5, 5.41) is 3.51. The minimum atomic E-state index is 0.784. The van der Waals surface area contributed by atoms with Crippen molar-refractivity contribution in [3.05, 3.63) is 54.9 Å². The highest BCUT2D eigenvalue weighted by atomic mass is 15.0. The molecule has 3 heteroatoms. The van der Waals surface area contributed by atoms with E-state index >= 15 is 0 Å². The lowest BCUT2D eigenvalue weighted by Crippen LogP contribution is -2.02. The molecule has 4 aromatic rings. The van der Waals surface area contributed by atoms with Gasteiger partial charge in [0.2, 0.25) is 0 Å². The minimum absolute atomic E-state index is 0.784. The van der Waals surface area contributed by atoms with Gasteiger partial charge < -0.3 is 0 Å². The van der Waals surface area contributed by atoms with Crippen LogP contribution < -0.4 is 5.46 Å². The normalized spacial score (nSPS) is 11.6. The zero-order valence-corrected chi connectivity index (χ0v) is 9.67. The average Bonchev–Trinajstić information content (AvgIpc) is 2.88. The molecule has 2 heterocycles. The van der Waals surface area contributed by atoms with E-state index in [1.807, 2.05) is 42.7 Å². The van der Waals surface area contributed by atoms with Gasteiger partial charge in [0, 0.05) is 23.2 Å². The van der Waals surface area contributed by atoms with E-state index in [0.29, 0.717) is 0 Å². The Morgan fingerprint density at radius 3 is 2.67 bits per heavy atom. The van der Waals surface area contributed by atoms with Gasteiger partial charge >= 0.3 is 0 Å². The molecule has 0 saturated heterocycles. The smallest absolute Gasteiger partial charge is 0.145 e. The van der Waals surface area contributed by atoms with Crippen molar-refractivity contribution in [2.24, 2.45) is 0 Å². The fourth-order valence-corrected chi connectivity index (χ4v) is 2.59. The number of benzene rings is 2. The summed E-state index contributed by atoms with van der Waals surface area (Å²) in [7, 11) is 5.91. The Balaban J connectivity index is 2.44. The van der Waals surface area contributed by atoms with Crippen molar-refractivity contribution in [3.8, 4) is 0 Å². The van der Waals surface area contributed by atoms with Crippen LogP contribution in [-0.2, 0) is 0 Å². The predicted octanol–water partition coefficient (Wildman–Crippen LogP) is 2.43. The summed E-state index contributed by atoms with van der Waals surface area (Å²) < 4.78 is 2.11. The van der Waals surface area contributed by atoms with Gasteiger partial charge in [-0.05, 0) is 11.5 Å². The van der Waals surface area contributed by atoms with Crippen LogP contribution in [0.25, 0.3) is 27.3 Å². The summed E-state index contributed by atoms with van der Waals surface area (Å²) in [6.45, 7) is 0. The van der Waals surface area contributed by atoms with Crippen LogP contribution in [0.4, 0.5) is 0 Å². The van der Waals surface area contributed by atoms with E-state index in [0.717, 1.165) is 27.4 Å². The summed E-state index contributed by atoms with van der Waals surface area (Å²) in [4.78, 5) is 4.45. The molecule has 2 aromatic heterocycles. The van der Waals surface area contributed by atoms with E-state index in [-0.39, 0.29) is 0 Å². The van der Waals surface area contributed by atoms with E-state index in [1.165, 1.54) is 5.39 Å². The highest BCUT2D eigenvalue weighted by molar-refractivity contribution is 6.33. The third kappa shape index (κ3) is 1.16. The number of nitrogens with zero attached hydrogens (tertiary/aromatic N) is 2. The fraction of sp³-hybridized carbons (Fsp3) is 0. The standard InChI is InChI=1S/C15H9BN2/c16-10-5-6-14-13(9-10)11-3-1-2-4-12(11)15-17-7-8-18(14)15/h1-9H. The van der Waals surface area contributed by atoms with Gasteiger partial charge in [-0.2, -0.15) is 0 Å². The molecule has 0 aliphatic rings. The first-order valence-corrected chi connectivity index (χ1v) is 5.87. The summed E-state index contributed by atoms with van der Waals surface area (Å²) in [6, 6.07) is 14.3. The Labute approximate surface area is 105 Å². The van der Waals surface area contributed by atoms with Crippen molar-refractivity contribution in [1.29, 1.82) is 0 Å². The largest absolute Gasteiger partial charge is 0.299 e. The summed E-state index contributed by atoms with van der Waals surface area (Å²) in [5.41, 5.74) is 2.91. The molecule has 0 N–H and O–H groups in total. The number of hydrogen-bond acceptors (Lipinski definition) is 1. The number of rotatable bonds is 0. The molecule has 2 nitrogen and oxygen atoms in total. The van der Waals surface area contributed by atoms with Crippen molar-refractivity contribution < 1.29 is 0 Å². The number of imidazole rings is 1. The lowest BCUT2D eigenvalue weighted by Gasteiger charge is -2.08. The molecule has 0 aliphatic carbocycles. The molecule has 0 atom stereocenters. The van der Waals surface area contributed by atoms with Gasteiger partial charge in [-0.15, -0.1) is 0 Å². The maximum absolute atomic E-state index is 5.91. The molecule has 0 unspecified atom stereocenters. The van der Waals surface area contributed by atoms with Crippen LogP contribution in [0.15, 0.2) is 54.9 Å². The van der Waals surface area contributed by atoms with Crippen LogP contribution >= 0.6 is 0 Å². The minimum Gasteiger partial charge on any atom is -0.299 e. The van der Waals surface area contributed by atoms with E-state index in [1.54, 1.807) is 0 Å². The van der Waals surface area contributed by atoms with Gasteiger partial charge in [0.05, 0.1) is 5.52 Å². The van der Waals surface area contributed by atoms with Crippen molar-refractivity contribution in [2.45, 2.75) is 0 Å². The Hall–Kier alpha value is -2.29. The van der Waals surface area contributed by atoms with Crippen molar-refractivity contribution in [3.63, 3.8) is 0 Å². The molecule has 18 heavy (non-hydrogen) atoms. The number of fused-ring (bicyclic) bond motifs is 6. The van der Waals surface area contributed by atoms with E-state index in [4.69, 9.17) is 7.85 Å². The predicted molar refractivity (Wildman–Crippen MR) is 75.6 cm³/mol. The number of pyridine rings is 1. The number of aromatic nitrogens is 2. The molecular weight excluding hydrogens is 219 g/mol. The van der Waals surface area contributed by atoms with Crippen LogP contribution in [0, 0.1) is 0 Å². The topological polar surface area (TPSA) is 17.3 Å². The van der Waals surface area contributed by atoms with Gasteiger partial charge in [0.15, 0.2) is 0 Å². The molecule has 2 aromatic carbocycles. The molecule has 0 fully saturated rings. The molecule has 0 bridgehead atoms. The summed E-state index contributed by atoms with van der Waals surface area (Å²) in [6.07, 6.45) is 3.82. The van der Waals surface area contributed by atoms with Gasteiger partial charge in [-0.1, -0.05) is 41.9 Å². The van der Waals surface area contributed by atoms with E-state index < -0.39 is 0 Å². The second-order valence-corrected chi connectivity index (χ2v) is 4.44. The Morgan fingerprint density at radius 2 is 1.78 bits per heavy atom. The van der Waals surface area contributed by atoms with E-state index in [9.17, 15) is 0 Å². The van der Waals surface area contributed by atoms with Gasteiger partial charge in [0.25, 0.3) is 0 Å². The SMILES string of the molecule is [B]c1ccc2c(c1)c1ccccc1c1nccn21. The molecule has 0 saturated carbocycles. The zero-order valence-electron chi connectivity index (χ0n) is 9.67. The number of hydrogen-bond donors (Lipinski definition) is 0. The first kappa shape index (κ1) is 9.72. The summed E-state index contributed by atoms with van der Waals surface area (Å²) in [5.74, 6) is 0. The van der Waals surface area contributed by atoms with Crippen LogP contribution in [0.5, 0.6) is 0 Å². The molecule has 0 aliphatic heterocycles. The zero-order chi connectivity index (χ0) is 12.1. The highest BCUT2D eigenvalue weighted by Crippen LogP contribution is 2.27. The van der Waals surface area contributed by atoms with Crippen molar-refractivity contribution in [2.75, 3.05) is 0 Å². The van der Waals surface area contributed by atoms with Gasteiger partial charge in [-0.25, -0.2) is 4.98 Å². The first-order valence-electron chi connectivity index (χ1n) is 5.87. The van der Waals surface area contributed by atoms with Gasteiger partial charge in [0.1, 0.15) is 13.5 Å². The van der Waals surface area contributed by atoms with Crippen LogP contribution in [0.1, 0.15) is 0 Å². The van der Waals surface area contributed by atoms with Crippen LogP contribution in [-0.4, -0.2) is 17.2 Å². The molecule has 82 valence electrons. The first-order chi connectivity index (χ1) is 8.84. The van der Waals surface area contributed by atoms with Crippen molar-refractivity contribution >= 4 is 40.6 Å². The third-order valence-electron chi connectivity index (χ3n) is 3.38. The molecule has 2 radical (unpaired) electrons. The van der Waals surface area contributed by atoms with Crippen LogP contribution in [0.2, 0.25) is 0 Å².